The number of nitrogens with one attached hydrogen (secondary N) is 1. The number of halogens is 1. The van der Waals surface area contributed by atoms with Crippen LogP contribution in [0.2, 0.25) is 5.02 Å². The number of carbonyl (C=O) groups excluding carboxylic acids is 2. The first-order valence-corrected chi connectivity index (χ1v) is 8.42. The van der Waals surface area contributed by atoms with Crippen LogP contribution in [0.1, 0.15) is 39.5 Å². The van der Waals surface area contributed by atoms with Crippen LogP contribution in [0.15, 0.2) is 18.2 Å². The number of ether oxygens (including phenoxy) is 1. The average molecular weight is 339 g/mol. The molecule has 0 aliphatic carbocycles. The van der Waals surface area contributed by atoms with Gasteiger partial charge in [-0.2, -0.15) is 0 Å². The SMILES string of the molecule is CCCCNC(=O)CCC(=O)N1CC(C)Oc2ccc(Cl)cc21. The zero-order valence-electron chi connectivity index (χ0n) is 13.6. The highest BCUT2D eigenvalue weighted by atomic mass is 35.5. The van der Waals surface area contributed by atoms with E-state index < -0.39 is 0 Å². The lowest BCUT2D eigenvalue weighted by Gasteiger charge is -2.33. The van der Waals surface area contributed by atoms with E-state index in [-0.39, 0.29) is 30.8 Å². The molecule has 23 heavy (non-hydrogen) atoms. The van der Waals surface area contributed by atoms with Crippen LogP contribution < -0.4 is 15.0 Å². The van der Waals surface area contributed by atoms with Gasteiger partial charge in [0.25, 0.3) is 0 Å². The van der Waals surface area contributed by atoms with E-state index in [2.05, 4.69) is 12.2 Å². The second-order valence-electron chi connectivity index (χ2n) is 5.75. The molecule has 0 spiro atoms. The lowest BCUT2D eigenvalue weighted by Crippen LogP contribution is -2.42. The van der Waals surface area contributed by atoms with E-state index in [0.717, 1.165) is 12.8 Å². The third kappa shape index (κ3) is 4.86. The number of benzene rings is 1. The number of amides is 2. The summed E-state index contributed by atoms with van der Waals surface area (Å²) in [5, 5.41) is 3.38. The molecule has 0 saturated carbocycles. The number of fused-ring (bicyclic) bond motifs is 1. The van der Waals surface area contributed by atoms with Gasteiger partial charge in [-0.05, 0) is 31.5 Å². The van der Waals surface area contributed by atoms with Crippen molar-refractivity contribution in [2.24, 2.45) is 0 Å². The Hall–Kier alpha value is -1.75. The van der Waals surface area contributed by atoms with Gasteiger partial charge in [0, 0.05) is 24.4 Å². The topological polar surface area (TPSA) is 58.6 Å². The molecule has 126 valence electrons. The molecule has 1 aromatic rings. The molecule has 1 aliphatic heterocycles. The molecule has 2 amide bonds. The second kappa shape index (κ2) is 8.20. The Morgan fingerprint density at radius 1 is 1.39 bits per heavy atom. The fourth-order valence-corrected chi connectivity index (χ4v) is 2.66. The van der Waals surface area contributed by atoms with Crippen molar-refractivity contribution in [1.82, 2.24) is 5.32 Å². The minimum absolute atomic E-state index is 0.0839. The summed E-state index contributed by atoms with van der Waals surface area (Å²) in [6.45, 7) is 5.10. The maximum atomic E-state index is 12.5. The molecule has 0 bridgehead atoms. The van der Waals surface area contributed by atoms with Gasteiger partial charge < -0.3 is 15.0 Å². The standard InChI is InChI=1S/C17H23ClN2O3/c1-3-4-9-19-16(21)7-8-17(22)20-11-12(2)23-15-6-5-13(18)10-14(15)20/h5-6,10,12H,3-4,7-9,11H2,1-2H3,(H,19,21). The van der Waals surface area contributed by atoms with E-state index in [4.69, 9.17) is 16.3 Å². The largest absolute Gasteiger partial charge is 0.487 e. The molecule has 1 N–H and O–H groups in total. The Bertz CT molecular complexity index is 577. The summed E-state index contributed by atoms with van der Waals surface area (Å²) in [7, 11) is 0. The first-order valence-electron chi connectivity index (χ1n) is 8.04. The first kappa shape index (κ1) is 17.6. The molecule has 0 aromatic heterocycles. The van der Waals surface area contributed by atoms with Crippen molar-refractivity contribution in [3.05, 3.63) is 23.2 Å². The summed E-state index contributed by atoms with van der Waals surface area (Å²) in [6, 6.07) is 5.23. The van der Waals surface area contributed by atoms with E-state index in [9.17, 15) is 9.59 Å². The van der Waals surface area contributed by atoms with E-state index in [0.29, 0.717) is 29.5 Å². The molecule has 1 aliphatic rings. The van der Waals surface area contributed by atoms with E-state index in [1.165, 1.54) is 0 Å². The zero-order chi connectivity index (χ0) is 16.8. The summed E-state index contributed by atoms with van der Waals surface area (Å²) >= 11 is 6.02. The van der Waals surface area contributed by atoms with Crippen molar-refractivity contribution in [2.75, 3.05) is 18.0 Å². The summed E-state index contributed by atoms with van der Waals surface area (Å²) in [5.41, 5.74) is 0.673. The van der Waals surface area contributed by atoms with Gasteiger partial charge in [0.05, 0.1) is 12.2 Å². The molecule has 0 saturated heterocycles. The lowest BCUT2D eigenvalue weighted by molar-refractivity contribution is -0.125. The Morgan fingerprint density at radius 3 is 2.91 bits per heavy atom. The quantitative estimate of drug-likeness (QED) is 0.811. The van der Waals surface area contributed by atoms with Gasteiger partial charge in [0.15, 0.2) is 0 Å². The Balaban J connectivity index is 1.97. The summed E-state index contributed by atoms with van der Waals surface area (Å²) in [4.78, 5) is 25.9. The average Bonchev–Trinajstić information content (AvgIpc) is 2.52. The maximum Gasteiger partial charge on any atom is 0.227 e. The zero-order valence-corrected chi connectivity index (χ0v) is 14.4. The van der Waals surface area contributed by atoms with Crippen molar-refractivity contribution in [3.63, 3.8) is 0 Å². The summed E-state index contributed by atoms with van der Waals surface area (Å²) in [6.07, 6.45) is 2.27. The van der Waals surface area contributed by atoms with Crippen LogP contribution in [0.3, 0.4) is 0 Å². The van der Waals surface area contributed by atoms with Gasteiger partial charge in [-0.1, -0.05) is 24.9 Å². The fourth-order valence-electron chi connectivity index (χ4n) is 2.50. The van der Waals surface area contributed by atoms with Crippen LogP contribution in [-0.4, -0.2) is 31.0 Å². The van der Waals surface area contributed by atoms with Crippen molar-refractivity contribution in [2.45, 2.75) is 45.6 Å². The highest BCUT2D eigenvalue weighted by Gasteiger charge is 2.27. The molecule has 6 heteroatoms. The smallest absolute Gasteiger partial charge is 0.227 e. The molecular formula is C17H23ClN2O3. The lowest BCUT2D eigenvalue weighted by atomic mass is 10.1. The van der Waals surface area contributed by atoms with Crippen molar-refractivity contribution >= 4 is 29.1 Å². The predicted octanol–water partition coefficient (Wildman–Crippen LogP) is 3.15. The van der Waals surface area contributed by atoms with Crippen molar-refractivity contribution < 1.29 is 14.3 Å². The van der Waals surface area contributed by atoms with Crippen LogP contribution in [0, 0.1) is 0 Å². The van der Waals surface area contributed by atoms with E-state index in [1.807, 2.05) is 6.92 Å². The number of hydrogen-bond acceptors (Lipinski definition) is 3. The van der Waals surface area contributed by atoms with Crippen LogP contribution in [-0.2, 0) is 9.59 Å². The van der Waals surface area contributed by atoms with E-state index in [1.54, 1.807) is 23.1 Å². The van der Waals surface area contributed by atoms with Gasteiger partial charge in [-0.25, -0.2) is 0 Å². The molecule has 1 aromatic carbocycles. The number of nitrogens with zero attached hydrogens (tertiary/aromatic N) is 1. The van der Waals surface area contributed by atoms with Crippen LogP contribution in [0.5, 0.6) is 5.75 Å². The molecule has 5 nitrogen and oxygen atoms in total. The van der Waals surface area contributed by atoms with E-state index >= 15 is 0 Å². The number of anilines is 1. The highest BCUT2D eigenvalue weighted by molar-refractivity contribution is 6.31. The van der Waals surface area contributed by atoms with Crippen molar-refractivity contribution in [1.29, 1.82) is 0 Å². The molecule has 0 fully saturated rings. The Kier molecular flexibility index (Phi) is 6.28. The van der Waals surface area contributed by atoms with Gasteiger partial charge in [-0.15, -0.1) is 0 Å². The molecular weight excluding hydrogens is 316 g/mol. The highest BCUT2D eigenvalue weighted by Crippen LogP contribution is 2.36. The summed E-state index contributed by atoms with van der Waals surface area (Å²) < 4.78 is 5.73. The first-order chi connectivity index (χ1) is 11.0. The number of unbranched alkanes of at least 4 members (excludes halogenated alkanes) is 1. The molecule has 2 rings (SSSR count). The van der Waals surface area contributed by atoms with Gasteiger partial charge >= 0.3 is 0 Å². The van der Waals surface area contributed by atoms with Gasteiger partial charge in [0.2, 0.25) is 11.8 Å². The van der Waals surface area contributed by atoms with Crippen molar-refractivity contribution in [3.8, 4) is 5.75 Å². The Morgan fingerprint density at radius 2 is 2.17 bits per heavy atom. The van der Waals surface area contributed by atoms with Gasteiger partial charge in [-0.3, -0.25) is 9.59 Å². The van der Waals surface area contributed by atoms with Crippen LogP contribution >= 0.6 is 11.6 Å². The molecule has 1 unspecified atom stereocenters. The third-order valence-electron chi connectivity index (χ3n) is 3.70. The second-order valence-corrected chi connectivity index (χ2v) is 6.18. The Labute approximate surface area is 141 Å². The number of hydrogen-bond donors (Lipinski definition) is 1. The minimum atomic E-state index is -0.0917. The monoisotopic (exact) mass is 338 g/mol. The predicted molar refractivity (Wildman–Crippen MR) is 91.0 cm³/mol. The minimum Gasteiger partial charge on any atom is -0.487 e. The summed E-state index contributed by atoms with van der Waals surface area (Å²) in [5.74, 6) is 0.475. The normalized spacial score (nSPS) is 16.5. The number of carbonyl (C=O) groups is 2. The third-order valence-corrected chi connectivity index (χ3v) is 3.93. The molecule has 1 atom stereocenters. The number of rotatable bonds is 6. The molecule has 1 heterocycles. The van der Waals surface area contributed by atoms with Crippen LogP contribution in [0.4, 0.5) is 5.69 Å². The maximum absolute atomic E-state index is 12.5. The molecule has 0 radical (unpaired) electrons. The van der Waals surface area contributed by atoms with Crippen LogP contribution in [0.25, 0.3) is 0 Å². The fraction of sp³-hybridized carbons (Fsp3) is 0.529. The van der Waals surface area contributed by atoms with Gasteiger partial charge in [0.1, 0.15) is 11.9 Å².